The molecule has 0 aromatic heterocycles. The maximum atomic E-state index is 11.9. The van der Waals surface area contributed by atoms with E-state index in [2.05, 4.69) is 115 Å². The van der Waals surface area contributed by atoms with Crippen molar-refractivity contribution in [2.75, 3.05) is 0 Å². The third-order valence-corrected chi connectivity index (χ3v) is 18.6. The first-order valence-electron chi connectivity index (χ1n) is 15.4. The van der Waals surface area contributed by atoms with Crippen LogP contribution in [0.4, 0.5) is 0 Å². The van der Waals surface area contributed by atoms with Gasteiger partial charge in [-0.15, -0.1) is 0 Å². The van der Waals surface area contributed by atoms with Crippen LogP contribution in [0.3, 0.4) is 0 Å². The van der Waals surface area contributed by atoms with Gasteiger partial charge in [0.15, 0.2) is 16.6 Å². The van der Waals surface area contributed by atoms with Crippen LogP contribution in [0, 0.1) is 29.6 Å². The minimum Gasteiger partial charge on any atom is -0.413 e. The molecular weight excluding hydrogens is 529 g/mol. The molecule has 8 atom stereocenters. The van der Waals surface area contributed by atoms with E-state index in [0.717, 1.165) is 12.7 Å². The molecule has 0 fully saturated rings. The minimum atomic E-state index is -2.08. The van der Waals surface area contributed by atoms with Crippen molar-refractivity contribution in [3.63, 3.8) is 0 Å². The topological polar surface area (TPSA) is 55.8 Å². The first kappa shape index (κ1) is 39.2. The van der Waals surface area contributed by atoms with Crippen LogP contribution in [-0.2, 0) is 13.6 Å². The Balaban J connectivity index is 6.18. The lowest BCUT2D eigenvalue weighted by Crippen LogP contribution is -2.49. The van der Waals surface area contributed by atoms with Crippen molar-refractivity contribution in [2.45, 2.75) is 144 Å². The highest BCUT2D eigenvalue weighted by atomic mass is 28.4. The number of allylic oxidation sites excluding steroid dienone is 3. The predicted molar refractivity (Wildman–Crippen MR) is 180 cm³/mol. The minimum absolute atomic E-state index is 0.000417. The van der Waals surface area contributed by atoms with Gasteiger partial charge in [0.1, 0.15) is 6.29 Å². The van der Waals surface area contributed by atoms with Crippen LogP contribution in [0.15, 0.2) is 36.5 Å². The number of hydrogen-bond acceptors (Lipinski definition) is 4. The van der Waals surface area contributed by atoms with Crippen LogP contribution in [0.2, 0.25) is 36.3 Å². The van der Waals surface area contributed by atoms with E-state index in [0.29, 0.717) is 0 Å². The summed E-state index contributed by atoms with van der Waals surface area (Å²) in [4.78, 5) is 11.9. The van der Waals surface area contributed by atoms with E-state index in [1.54, 1.807) is 6.08 Å². The molecule has 0 aromatic rings. The van der Waals surface area contributed by atoms with Gasteiger partial charge >= 0.3 is 0 Å². The maximum absolute atomic E-state index is 11.9. The van der Waals surface area contributed by atoms with Crippen LogP contribution in [-0.4, -0.2) is 46.3 Å². The molecular formula is C34H66O4Si2. The van der Waals surface area contributed by atoms with Gasteiger partial charge in [-0.3, -0.25) is 0 Å². The molecule has 6 heteroatoms. The van der Waals surface area contributed by atoms with E-state index in [4.69, 9.17) is 8.85 Å². The summed E-state index contributed by atoms with van der Waals surface area (Å²) < 4.78 is 13.9. The molecule has 0 aliphatic heterocycles. The van der Waals surface area contributed by atoms with E-state index in [9.17, 15) is 9.90 Å². The summed E-state index contributed by atoms with van der Waals surface area (Å²) in [5.41, 5.74) is 1.27. The third-order valence-electron chi connectivity index (χ3n) is 9.62. The maximum Gasteiger partial charge on any atom is 0.192 e. The monoisotopic (exact) mass is 594 g/mol. The summed E-state index contributed by atoms with van der Waals surface area (Å²) >= 11 is 0. The second-order valence-corrected chi connectivity index (χ2v) is 25.1. The van der Waals surface area contributed by atoms with Crippen LogP contribution >= 0.6 is 0 Å². The van der Waals surface area contributed by atoms with Crippen molar-refractivity contribution in [1.29, 1.82) is 0 Å². The lowest BCUT2D eigenvalue weighted by atomic mass is 9.81. The summed E-state index contributed by atoms with van der Waals surface area (Å²) in [6.45, 7) is 39.1. The molecule has 0 aromatic carbocycles. The average Bonchev–Trinajstić information content (AvgIpc) is 2.81. The van der Waals surface area contributed by atoms with Crippen LogP contribution in [0.5, 0.6) is 0 Å². The number of carbonyl (C=O) groups excluding carboxylic acids is 1. The molecule has 4 nitrogen and oxygen atoms in total. The molecule has 0 heterocycles. The lowest BCUT2D eigenvalue weighted by Gasteiger charge is -2.44. The standard InChI is InChI=1S/C34H66O4Si2/c1-18-19-20-25(3)30(36)29(7)32(38-40(16,17)34(11,12)13)27(5)22-24(2)21-26(4)31(28(6)23-35)37-39(14,15)33(8,9)10/h18-21,23,25-32,36H,1,22H2,2-17H3/t25-,26-,27-,28-,29+,30-,31+,32+/m0/s1. The highest BCUT2D eigenvalue weighted by Crippen LogP contribution is 2.42. The van der Waals surface area contributed by atoms with Gasteiger partial charge in [-0.25, -0.2) is 0 Å². The molecule has 0 spiro atoms. The van der Waals surface area contributed by atoms with Gasteiger partial charge in [-0.1, -0.05) is 113 Å². The Bertz CT molecular complexity index is 847. The quantitative estimate of drug-likeness (QED) is 0.0836. The van der Waals surface area contributed by atoms with Crippen molar-refractivity contribution in [3.8, 4) is 0 Å². The van der Waals surface area contributed by atoms with E-state index in [1.165, 1.54) is 5.57 Å². The van der Waals surface area contributed by atoms with Gasteiger partial charge in [-0.05, 0) is 61.4 Å². The first-order chi connectivity index (χ1) is 17.9. The zero-order valence-electron chi connectivity index (χ0n) is 29.1. The van der Waals surface area contributed by atoms with Crippen molar-refractivity contribution >= 4 is 22.9 Å². The first-order valence-corrected chi connectivity index (χ1v) is 21.2. The SMILES string of the molecule is C=CC=C[C@H](C)[C@H](O)[C@@H](C)[C@H](O[Si](C)(C)C(C)(C)C)[C@@H](C)CC(C)=C[C@H](C)[C@@H](O[Si](C)(C)C(C)(C)C)[C@@H](C)C=O. The highest BCUT2D eigenvalue weighted by Gasteiger charge is 2.43. The fourth-order valence-electron chi connectivity index (χ4n) is 4.82. The second-order valence-electron chi connectivity index (χ2n) is 15.6. The Morgan fingerprint density at radius 1 is 0.825 bits per heavy atom. The number of rotatable bonds is 16. The number of aliphatic hydroxyl groups is 1. The van der Waals surface area contributed by atoms with Gasteiger partial charge in [0.05, 0.1) is 18.3 Å². The largest absolute Gasteiger partial charge is 0.413 e. The molecule has 0 amide bonds. The summed E-state index contributed by atoms with van der Waals surface area (Å²) in [6.07, 6.45) is 9.12. The summed E-state index contributed by atoms with van der Waals surface area (Å²) in [6, 6.07) is 0. The van der Waals surface area contributed by atoms with Crippen LogP contribution in [0.1, 0.15) is 89.5 Å². The third kappa shape index (κ3) is 11.5. The normalized spacial score (nSPS) is 20.4. The Hall–Kier alpha value is -0.796. The molecule has 0 aliphatic carbocycles. The number of aliphatic hydroxyl groups excluding tert-OH is 1. The molecule has 1 N–H and O–H groups in total. The molecule has 0 bridgehead atoms. The molecule has 234 valence electrons. The summed E-state index contributed by atoms with van der Waals surface area (Å²) in [7, 11) is -4.13. The highest BCUT2D eigenvalue weighted by molar-refractivity contribution is 6.74. The Morgan fingerprint density at radius 2 is 1.27 bits per heavy atom. The molecule has 0 saturated carbocycles. The van der Waals surface area contributed by atoms with Crippen molar-refractivity contribution in [3.05, 3.63) is 36.5 Å². The molecule has 0 saturated heterocycles. The van der Waals surface area contributed by atoms with Crippen molar-refractivity contribution in [2.24, 2.45) is 29.6 Å². The number of aldehydes is 1. The van der Waals surface area contributed by atoms with E-state index in [1.807, 2.05) is 19.1 Å². The Kier molecular flexibility index (Phi) is 15.3. The number of hydrogen-bond donors (Lipinski definition) is 1. The molecule has 0 aliphatic rings. The van der Waals surface area contributed by atoms with Gasteiger partial charge in [0.25, 0.3) is 0 Å². The fraction of sp³-hybridized carbons (Fsp3) is 0.794. The van der Waals surface area contributed by atoms with Gasteiger partial charge < -0.3 is 18.8 Å². The summed E-state index contributed by atoms with van der Waals surface area (Å²) in [5.74, 6) is 0.0963. The zero-order chi connectivity index (χ0) is 31.9. The summed E-state index contributed by atoms with van der Waals surface area (Å²) in [5, 5.41) is 11.5. The predicted octanol–water partition coefficient (Wildman–Crippen LogP) is 9.59. The average molecular weight is 595 g/mol. The molecule has 0 radical (unpaired) electrons. The van der Waals surface area contributed by atoms with Crippen LogP contribution in [0.25, 0.3) is 0 Å². The van der Waals surface area contributed by atoms with E-state index >= 15 is 0 Å². The number of carbonyl (C=O) groups is 1. The second kappa shape index (κ2) is 15.6. The van der Waals surface area contributed by atoms with Crippen molar-refractivity contribution in [1.82, 2.24) is 0 Å². The lowest BCUT2D eigenvalue weighted by molar-refractivity contribution is -0.113. The fourth-order valence-corrected chi connectivity index (χ4v) is 7.77. The van der Waals surface area contributed by atoms with Gasteiger partial charge in [-0.2, -0.15) is 0 Å². The zero-order valence-corrected chi connectivity index (χ0v) is 31.1. The Labute approximate surface area is 251 Å². The molecule has 0 unspecified atom stereocenters. The van der Waals surface area contributed by atoms with E-state index < -0.39 is 22.7 Å². The van der Waals surface area contributed by atoms with Gasteiger partial charge in [0.2, 0.25) is 0 Å². The van der Waals surface area contributed by atoms with E-state index in [-0.39, 0.29) is 51.9 Å². The Morgan fingerprint density at radius 3 is 1.68 bits per heavy atom. The molecule has 0 rings (SSSR count). The van der Waals surface area contributed by atoms with Crippen LogP contribution < -0.4 is 0 Å². The smallest absolute Gasteiger partial charge is 0.192 e. The van der Waals surface area contributed by atoms with Gasteiger partial charge in [0, 0.05) is 17.8 Å². The van der Waals surface area contributed by atoms with Crippen molar-refractivity contribution < 1.29 is 18.8 Å². The molecule has 40 heavy (non-hydrogen) atoms.